The Balaban J connectivity index is 1.73. The molecule has 33 heavy (non-hydrogen) atoms. The van der Waals surface area contributed by atoms with E-state index in [0.717, 1.165) is 10.7 Å². The van der Waals surface area contributed by atoms with Gasteiger partial charge in [-0.15, -0.1) is 11.3 Å². The molecular formula is C23H21Cl2N5O2S. The summed E-state index contributed by atoms with van der Waals surface area (Å²) in [5.41, 5.74) is 2.62. The van der Waals surface area contributed by atoms with E-state index in [1.807, 2.05) is 26.2 Å². The first kappa shape index (κ1) is 23.4. The van der Waals surface area contributed by atoms with Gasteiger partial charge in [0.05, 0.1) is 32.8 Å². The Morgan fingerprint density at radius 2 is 1.91 bits per heavy atom. The van der Waals surface area contributed by atoms with Gasteiger partial charge in [0.2, 0.25) is 0 Å². The number of ether oxygens (including phenoxy) is 1. The van der Waals surface area contributed by atoms with Gasteiger partial charge in [0.15, 0.2) is 0 Å². The van der Waals surface area contributed by atoms with Crippen LogP contribution in [0.2, 0.25) is 10.0 Å². The molecule has 0 N–H and O–H groups in total. The third kappa shape index (κ3) is 4.93. The minimum Gasteiger partial charge on any atom is -0.485 e. The highest BCUT2D eigenvalue weighted by Crippen LogP contribution is 2.29. The summed E-state index contributed by atoms with van der Waals surface area (Å²) >= 11 is 14.4. The lowest BCUT2D eigenvalue weighted by Crippen LogP contribution is -2.22. The number of halogens is 2. The lowest BCUT2D eigenvalue weighted by molar-refractivity contribution is 0.301. The molecule has 0 unspecified atom stereocenters. The van der Waals surface area contributed by atoms with Crippen LogP contribution in [0.4, 0.5) is 0 Å². The van der Waals surface area contributed by atoms with Crippen LogP contribution in [0.15, 0.2) is 40.8 Å². The van der Waals surface area contributed by atoms with Crippen LogP contribution in [0.1, 0.15) is 42.0 Å². The van der Waals surface area contributed by atoms with E-state index in [-0.39, 0.29) is 17.5 Å². The van der Waals surface area contributed by atoms with Crippen LogP contribution < -0.4 is 10.3 Å². The molecule has 0 saturated heterocycles. The van der Waals surface area contributed by atoms with E-state index in [4.69, 9.17) is 27.9 Å². The normalized spacial score (nSPS) is 11.2. The van der Waals surface area contributed by atoms with E-state index < -0.39 is 5.56 Å². The third-order valence-electron chi connectivity index (χ3n) is 4.87. The van der Waals surface area contributed by atoms with Crippen molar-refractivity contribution in [2.45, 2.75) is 40.2 Å². The van der Waals surface area contributed by atoms with Crippen LogP contribution in [-0.4, -0.2) is 24.5 Å². The maximum absolute atomic E-state index is 13.2. The Morgan fingerprint density at radius 1 is 1.12 bits per heavy atom. The van der Waals surface area contributed by atoms with Gasteiger partial charge in [0.25, 0.3) is 5.56 Å². The van der Waals surface area contributed by atoms with E-state index in [1.165, 1.54) is 22.1 Å². The number of hydrogen-bond donors (Lipinski definition) is 0. The van der Waals surface area contributed by atoms with Gasteiger partial charge < -0.3 is 4.74 Å². The van der Waals surface area contributed by atoms with Crippen molar-refractivity contribution in [1.82, 2.24) is 24.5 Å². The number of thiazole rings is 1. The molecule has 0 spiro atoms. The van der Waals surface area contributed by atoms with Crippen molar-refractivity contribution in [3.63, 3.8) is 0 Å². The molecule has 170 valence electrons. The zero-order chi connectivity index (χ0) is 23.7. The monoisotopic (exact) mass is 501 g/mol. The van der Waals surface area contributed by atoms with E-state index in [1.54, 1.807) is 31.3 Å². The highest BCUT2D eigenvalue weighted by molar-refractivity contribution is 7.09. The van der Waals surface area contributed by atoms with E-state index in [2.05, 4.69) is 19.9 Å². The van der Waals surface area contributed by atoms with Gasteiger partial charge in [-0.3, -0.25) is 14.3 Å². The fraction of sp³-hybridized carbons (Fsp3) is 0.261. The molecule has 4 heterocycles. The molecule has 0 radical (unpaired) electrons. The first-order valence-electron chi connectivity index (χ1n) is 10.2. The summed E-state index contributed by atoms with van der Waals surface area (Å²) in [6.07, 6.45) is 3.19. The molecule has 0 saturated carbocycles. The molecule has 0 fully saturated rings. The highest BCUT2D eigenvalue weighted by Gasteiger charge is 2.18. The largest absolute Gasteiger partial charge is 0.485 e. The van der Waals surface area contributed by atoms with Gasteiger partial charge in [-0.05, 0) is 26.0 Å². The minimum absolute atomic E-state index is 0.0360. The number of aromatic nitrogens is 5. The third-order valence-corrected chi connectivity index (χ3v) is 6.33. The molecule has 4 aromatic rings. The topological polar surface area (TPSA) is 82.8 Å². The Morgan fingerprint density at radius 3 is 2.61 bits per heavy atom. The zero-order valence-electron chi connectivity index (χ0n) is 18.5. The van der Waals surface area contributed by atoms with Gasteiger partial charge >= 0.3 is 0 Å². The average Bonchev–Trinajstić information content (AvgIpc) is 3.21. The molecule has 0 atom stereocenters. The van der Waals surface area contributed by atoms with Crippen LogP contribution in [0.5, 0.6) is 5.75 Å². The van der Waals surface area contributed by atoms with Crippen LogP contribution in [0, 0.1) is 13.8 Å². The van der Waals surface area contributed by atoms with Gasteiger partial charge in [0.1, 0.15) is 23.2 Å². The molecule has 7 nitrogen and oxygen atoms in total. The maximum Gasteiger partial charge on any atom is 0.277 e. The Labute approximate surface area is 205 Å². The highest BCUT2D eigenvalue weighted by atomic mass is 35.5. The SMILES string of the molecule is Cc1nc(COc2cc(C)n(-c3cc(-c4ccnc(C(C)C)n4)ncc3Cl)c(=O)c2Cl)cs1. The van der Waals surface area contributed by atoms with Crippen molar-refractivity contribution in [2.24, 2.45) is 0 Å². The quantitative estimate of drug-likeness (QED) is 0.333. The van der Waals surface area contributed by atoms with Gasteiger partial charge in [-0.2, -0.15) is 0 Å². The second-order valence-corrected chi connectivity index (χ2v) is 9.57. The van der Waals surface area contributed by atoms with Crippen molar-refractivity contribution >= 4 is 34.5 Å². The molecule has 0 aliphatic carbocycles. The van der Waals surface area contributed by atoms with Crippen molar-refractivity contribution in [2.75, 3.05) is 0 Å². The number of pyridine rings is 2. The van der Waals surface area contributed by atoms with Gasteiger partial charge in [-0.1, -0.05) is 37.0 Å². The lowest BCUT2D eigenvalue weighted by atomic mass is 10.2. The Hall–Kier alpha value is -2.81. The number of nitrogens with zero attached hydrogens (tertiary/aromatic N) is 5. The first-order chi connectivity index (χ1) is 15.7. The van der Waals surface area contributed by atoms with Crippen LogP contribution >= 0.6 is 34.5 Å². The summed E-state index contributed by atoms with van der Waals surface area (Å²) in [5.74, 6) is 1.17. The summed E-state index contributed by atoms with van der Waals surface area (Å²) in [6, 6.07) is 5.20. The summed E-state index contributed by atoms with van der Waals surface area (Å²) < 4.78 is 7.23. The Bertz CT molecular complexity index is 1380. The van der Waals surface area contributed by atoms with E-state index in [0.29, 0.717) is 39.4 Å². The molecule has 0 aliphatic rings. The maximum atomic E-state index is 13.2. The molecule has 4 rings (SSSR count). The summed E-state index contributed by atoms with van der Waals surface area (Å²) in [6.45, 7) is 7.97. The van der Waals surface area contributed by atoms with Gasteiger partial charge in [-0.25, -0.2) is 15.0 Å². The van der Waals surface area contributed by atoms with Crippen molar-refractivity contribution < 1.29 is 4.74 Å². The predicted molar refractivity (Wildman–Crippen MR) is 131 cm³/mol. The number of rotatable bonds is 6. The lowest BCUT2D eigenvalue weighted by Gasteiger charge is -2.16. The zero-order valence-corrected chi connectivity index (χ0v) is 20.8. The van der Waals surface area contributed by atoms with Crippen LogP contribution in [-0.2, 0) is 6.61 Å². The van der Waals surface area contributed by atoms with E-state index in [9.17, 15) is 4.79 Å². The van der Waals surface area contributed by atoms with Crippen molar-refractivity contribution in [3.8, 4) is 22.8 Å². The predicted octanol–water partition coefficient (Wildman–Crippen LogP) is 5.77. The summed E-state index contributed by atoms with van der Waals surface area (Å²) in [5, 5.41) is 3.13. The molecule has 0 amide bonds. The first-order valence-corrected chi connectivity index (χ1v) is 11.8. The fourth-order valence-electron chi connectivity index (χ4n) is 3.25. The molecule has 0 aromatic carbocycles. The Kier molecular flexibility index (Phi) is 6.78. The standard InChI is InChI=1S/C23H21Cl2N5O2S/c1-12(2)22-26-6-5-17(29-22)18-8-19(16(24)9-27-18)30-13(3)7-20(21(25)23(30)31)32-10-15-11-33-14(4)28-15/h5-9,11-12H,10H2,1-4H3. The number of aryl methyl sites for hydroxylation is 2. The second kappa shape index (κ2) is 9.59. The second-order valence-electron chi connectivity index (χ2n) is 7.73. The molecular weight excluding hydrogens is 481 g/mol. The number of hydrogen-bond acceptors (Lipinski definition) is 7. The van der Waals surface area contributed by atoms with Crippen molar-refractivity contribution in [3.05, 3.63) is 78.6 Å². The summed E-state index contributed by atoms with van der Waals surface area (Å²) in [7, 11) is 0. The van der Waals surface area contributed by atoms with Crippen LogP contribution in [0.25, 0.3) is 17.1 Å². The smallest absolute Gasteiger partial charge is 0.277 e. The molecule has 10 heteroatoms. The van der Waals surface area contributed by atoms with Crippen molar-refractivity contribution in [1.29, 1.82) is 0 Å². The average molecular weight is 502 g/mol. The van der Waals surface area contributed by atoms with E-state index >= 15 is 0 Å². The summed E-state index contributed by atoms with van der Waals surface area (Å²) in [4.78, 5) is 30.8. The minimum atomic E-state index is -0.439. The van der Waals surface area contributed by atoms with Crippen LogP contribution in [0.3, 0.4) is 0 Å². The van der Waals surface area contributed by atoms with Gasteiger partial charge in [0, 0.05) is 35.5 Å². The fourth-order valence-corrected chi connectivity index (χ4v) is 4.22. The molecule has 4 aromatic heterocycles. The molecule has 0 aliphatic heterocycles. The molecule has 0 bridgehead atoms.